The maximum atomic E-state index is 13.6. The summed E-state index contributed by atoms with van der Waals surface area (Å²) in [6, 6.07) is 6.15. The first-order valence-electron chi connectivity index (χ1n) is 4.92. The fourth-order valence-electron chi connectivity index (χ4n) is 1.71. The number of para-hydroxylation sites is 2. The van der Waals surface area contributed by atoms with E-state index < -0.39 is 11.2 Å². The van der Waals surface area contributed by atoms with Gasteiger partial charge in [0.25, 0.3) is 5.69 Å². The van der Waals surface area contributed by atoms with Gasteiger partial charge < -0.3 is 9.64 Å². The predicted molar refractivity (Wildman–Crippen MR) is 56.2 cm³/mol. The van der Waals surface area contributed by atoms with Gasteiger partial charge in [0, 0.05) is 12.6 Å². The van der Waals surface area contributed by atoms with Crippen LogP contribution in [0.5, 0.6) is 0 Å². The van der Waals surface area contributed by atoms with Crippen LogP contribution in [0.15, 0.2) is 24.3 Å². The molecule has 1 aromatic carbocycles. The van der Waals surface area contributed by atoms with Gasteiger partial charge in [0.05, 0.1) is 18.1 Å². The molecular formula is C10H11FN2O3. The van der Waals surface area contributed by atoms with Gasteiger partial charge in [-0.2, -0.15) is 0 Å². The first-order valence-corrected chi connectivity index (χ1v) is 4.92. The van der Waals surface area contributed by atoms with Gasteiger partial charge in [-0.15, -0.1) is 0 Å². The summed E-state index contributed by atoms with van der Waals surface area (Å²) in [5, 5.41) is 10.8. The largest absolute Gasteiger partial charge is 0.375 e. The standard InChI is InChI=1S/C10H11FN2O3/c11-10-7-16-6-5-12(10)8-3-1-2-4-9(8)13(14)15/h1-4,10H,5-7H2. The number of hydrogen-bond donors (Lipinski definition) is 0. The second-order valence-electron chi connectivity index (χ2n) is 3.45. The molecule has 1 fully saturated rings. The van der Waals surface area contributed by atoms with E-state index in [1.165, 1.54) is 11.0 Å². The molecule has 1 aliphatic heterocycles. The second-order valence-corrected chi connectivity index (χ2v) is 3.45. The monoisotopic (exact) mass is 226 g/mol. The van der Waals surface area contributed by atoms with Crippen LogP contribution >= 0.6 is 0 Å². The highest BCUT2D eigenvalue weighted by molar-refractivity contribution is 5.63. The highest BCUT2D eigenvalue weighted by atomic mass is 19.1. The van der Waals surface area contributed by atoms with E-state index in [0.29, 0.717) is 18.8 Å². The van der Waals surface area contributed by atoms with E-state index in [1.54, 1.807) is 18.2 Å². The molecule has 1 atom stereocenters. The number of alkyl halides is 1. The first kappa shape index (κ1) is 10.8. The van der Waals surface area contributed by atoms with Gasteiger partial charge in [-0.3, -0.25) is 10.1 Å². The molecule has 0 amide bonds. The topological polar surface area (TPSA) is 55.6 Å². The summed E-state index contributed by atoms with van der Waals surface area (Å²) >= 11 is 0. The van der Waals surface area contributed by atoms with Crippen LogP contribution in [0.4, 0.5) is 15.8 Å². The maximum absolute atomic E-state index is 13.6. The second kappa shape index (κ2) is 4.44. The van der Waals surface area contributed by atoms with Gasteiger partial charge in [0.2, 0.25) is 0 Å². The van der Waals surface area contributed by atoms with Crippen LogP contribution < -0.4 is 4.90 Å². The van der Waals surface area contributed by atoms with Gasteiger partial charge in [0.1, 0.15) is 5.69 Å². The fraction of sp³-hybridized carbons (Fsp3) is 0.400. The minimum atomic E-state index is -1.32. The Bertz CT molecular complexity index is 399. The molecule has 0 saturated carbocycles. The van der Waals surface area contributed by atoms with Crippen molar-refractivity contribution in [1.29, 1.82) is 0 Å². The third kappa shape index (κ3) is 1.96. The molecule has 1 aromatic rings. The number of hydrogen-bond acceptors (Lipinski definition) is 4. The fourth-order valence-corrected chi connectivity index (χ4v) is 1.71. The van der Waals surface area contributed by atoms with E-state index in [0.717, 1.165) is 0 Å². The summed E-state index contributed by atoms with van der Waals surface area (Å²) in [7, 11) is 0. The number of morpholine rings is 1. The molecule has 0 radical (unpaired) electrons. The molecule has 2 rings (SSSR count). The summed E-state index contributed by atoms with van der Waals surface area (Å²) in [5.41, 5.74) is 0.232. The number of benzene rings is 1. The number of nitro groups is 1. The molecule has 16 heavy (non-hydrogen) atoms. The Hall–Kier alpha value is -1.69. The van der Waals surface area contributed by atoms with Gasteiger partial charge in [-0.05, 0) is 6.07 Å². The van der Waals surface area contributed by atoms with Gasteiger partial charge in [0.15, 0.2) is 6.30 Å². The Morgan fingerprint density at radius 1 is 1.50 bits per heavy atom. The van der Waals surface area contributed by atoms with Crippen molar-refractivity contribution >= 4 is 11.4 Å². The Labute approximate surface area is 91.6 Å². The van der Waals surface area contributed by atoms with E-state index in [-0.39, 0.29) is 12.3 Å². The lowest BCUT2D eigenvalue weighted by Crippen LogP contribution is -2.43. The molecule has 1 heterocycles. The third-order valence-electron chi connectivity index (χ3n) is 2.46. The predicted octanol–water partition coefficient (Wildman–Crippen LogP) is 1.73. The first-order chi connectivity index (χ1) is 7.70. The van der Waals surface area contributed by atoms with Crippen molar-refractivity contribution < 1.29 is 14.1 Å². The van der Waals surface area contributed by atoms with Crippen molar-refractivity contribution in [2.45, 2.75) is 6.30 Å². The number of halogens is 1. The Kier molecular flexibility index (Phi) is 3.00. The average Bonchev–Trinajstić information content (AvgIpc) is 2.29. The molecule has 86 valence electrons. The van der Waals surface area contributed by atoms with Crippen molar-refractivity contribution in [3.05, 3.63) is 34.4 Å². The summed E-state index contributed by atoms with van der Waals surface area (Å²) < 4.78 is 18.5. The molecule has 1 aliphatic rings. The number of nitrogens with zero attached hydrogens (tertiary/aromatic N) is 2. The molecular weight excluding hydrogens is 215 g/mol. The van der Waals surface area contributed by atoms with Crippen molar-refractivity contribution in [2.75, 3.05) is 24.7 Å². The summed E-state index contributed by atoms with van der Waals surface area (Å²) in [4.78, 5) is 11.7. The van der Waals surface area contributed by atoms with Gasteiger partial charge in [-0.1, -0.05) is 12.1 Å². The van der Waals surface area contributed by atoms with Crippen LogP contribution in [0.25, 0.3) is 0 Å². The van der Waals surface area contributed by atoms with Crippen LogP contribution in [0.3, 0.4) is 0 Å². The zero-order valence-electron chi connectivity index (χ0n) is 8.51. The summed E-state index contributed by atoms with van der Waals surface area (Å²) in [6.45, 7) is 0.657. The maximum Gasteiger partial charge on any atom is 0.292 e. The minimum absolute atomic E-state index is 0.0496. The van der Waals surface area contributed by atoms with Crippen molar-refractivity contribution in [3.63, 3.8) is 0 Å². The molecule has 1 saturated heterocycles. The van der Waals surface area contributed by atoms with Crippen molar-refractivity contribution in [1.82, 2.24) is 0 Å². The molecule has 0 aromatic heterocycles. The lowest BCUT2D eigenvalue weighted by atomic mass is 10.2. The molecule has 0 aliphatic carbocycles. The van der Waals surface area contributed by atoms with Crippen LogP contribution in [0.2, 0.25) is 0 Å². The Morgan fingerprint density at radius 3 is 2.94 bits per heavy atom. The lowest BCUT2D eigenvalue weighted by molar-refractivity contribution is -0.384. The molecule has 0 spiro atoms. The molecule has 0 bridgehead atoms. The quantitative estimate of drug-likeness (QED) is 0.437. The number of nitro benzene ring substituents is 1. The lowest BCUT2D eigenvalue weighted by Gasteiger charge is -2.31. The van der Waals surface area contributed by atoms with E-state index >= 15 is 0 Å². The van der Waals surface area contributed by atoms with Crippen molar-refractivity contribution in [3.8, 4) is 0 Å². The molecule has 6 heteroatoms. The van der Waals surface area contributed by atoms with Gasteiger partial charge in [-0.25, -0.2) is 4.39 Å². The van der Waals surface area contributed by atoms with Crippen LogP contribution in [-0.2, 0) is 4.74 Å². The number of anilines is 1. The zero-order valence-corrected chi connectivity index (χ0v) is 8.51. The highest BCUT2D eigenvalue weighted by Gasteiger charge is 2.27. The van der Waals surface area contributed by atoms with Crippen LogP contribution in [-0.4, -0.2) is 31.0 Å². The Balaban J connectivity index is 2.34. The minimum Gasteiger partial charge on any atom is -0.375 e. The highest BCUT2D eigenvalue weighted by Crippen LogP contribution is 2.30. The normalized spacial score (nSPS) is 20.8. The smallest absolute Gasteiger partial charge is 0.292 e. The van der Waals surface area contributed by atoms with Crippen LogP contribution in [0, 0.1) is 10.1 Å². The number of rotatable bonds is 2. The average molecular weight is 226 g/mol. The van der Waals surface area contributed by atoms with E-state index in [9.17, 15) is 14.5 Å². The third-order valence-corrected chi connectivity index (χ3v) is 2.46. The van der Waals surface area contributed by atoms with E-state index in [1.807, 2.05) is 0 Å². The summed E-state index contributed by atoms with van der Waals surface area (Å²) in [6.07, 6.45) is -1.32. The molecule has 5 nitrogen and oxygen atoms in total. The Morgan fingerprint density at radius 2 is 2.25 bits per heavy atom. The van der Waals surface area contributed by atoms with Crippen molar-refractivity contribution in [2.24, 2.45) is 0 Å². The summed E-state index contributed by atoms with van der Waals surface area (Å²) in [5.74, 6) is 0. The van der Waals surface area contributed by atoms with Gasteiger partial charge >= 0.3 is 0 Å². The number of ether oxygens (including phenoxy) is 1. The zero-order chi connectivity index (χ0) is 11.5. The molecule has 0 N–H and O–H groups in total. The SMILES string of the molecule is O=[N+]([O-])c1ccccc1N1CCOCC1F. The molecule has 1 unspecified atom stereocenters. The van der Waals surface area contributed by atoms with E-state index in [4.69, 9.17) is 4.74 Å². The van der Waals surface area contributed by atoms with E-state index in [2.05, 4.69) is 0 Å². The van der Waals surface area contributed by atoms with Crippen LogP contribution in [0.1, 0.15) is 0 Å².